The van der Waals surface area contributed by atoms with Crippen molar-refractivity contribution in [1.29, 1.82) is 0 Å². The molecule has 0 bridgehead atoms. The normalized spacial score (nSPS) is 24.3. The average molecular weight is 330 g/mol. The molecule has 0 aliphatic carbocycles. The third-order valence-corrected chi connectivity index (χ3v) is 5.52. The van der Waals surface area contributed by atoms with Crippen LogP contribution in [0.15, 0.2) is 24.3 Å². The maximum atomic E-state index is 12.8. The van der Waals surface area contributed by atoms with Crippen molar-refractivity contribution in [2.24, 2.45) is 0 Å². The number of likely N-dealkylation sites (tertiary alicyclic amines) is 2. The summed E-state index contributed by atoms with van der Waals surface area (Å²) in [6.07, 6.45) is 4.90. The molecule has 2 heterocycles. The highest BCUT2D eigenvalue weighted by Gasteiger charge is 2.44. The first kappa shape index (κ1) is 16.8. The highest BCUT2D eigenvalue weighted by atomic mass is 16.5. The molecule has 0 radical (unpaired) electrons. The second-order valence-corrected chi connectivity index (χ2v) is 6.98. The summed E-state index contributed by atoms with van der Waals surface area (Å²) in [6, 6.07) is 7.66. The lowest BCUT2D eigenvalue weighted by Crippen LogP contribution is -2.61. The van der Waals surface area contributed by atoms with Crippen LogP contribution in [0.2, 0.25) is 0 Å². The van der Waals surface area contributed by atoms with Gasteiger partial charge in [0.1, 0.15) is 5.75 Å². The topological polar surface area (TPSA) is 49.9 Å². The van der Waals surface area contributed by atoms with Crippen molar-refractivity contribution in [3.8, 4) is 5.75 Å². The largest absolute Gasteiger partial charge is 0.497 e. The lowest BCUT2D eigenvalue weighted by molar-refractivity contribution is -0.148. The predicted octanol–water partition coefficient (Wildman–Crippen LogP) is 2.24. The Labute approximate surface area is 143 Å². The summed E-state index contributed by atoms with van der Waals surface area (Å²) in [7, 11) is 3.53. The smallest absolute Gasteiger partial charge is 0.227 e. The summed E-state index contributed by atoms with van der Waals surface area (Å²) in [5, 5.41) is 0. The Balaban J connectivity index is 1.70. The molecule has 1 spiro atoms. The van der Waals surface area contributed by atoms with Crippen molar-refractivity contribution in [1.82, 2.24) is 9.80 Å². The fraction of sp³-hybridized carbons (Fsp3) is 0.579. The molecule has 130 valence electrons. The Kier molecular flexibility index (Phi) is 4.78. The molecule has 0 aromatic heterocycles. The fourth-order valence-electron chi connectivity index (χ4n) is 4.04. The van der Waals surface area contributed by atoms with E-state index in [0.717, 1.165) is 43.5 Å². The van der Waals surface area contributed by atoms with Crippen LogP contribution < -0.4 is 4.74 Å². The Bertz CT molecular complexity index is 627. The minimum atomic E-state index is -0.155. The first-order valence-corrected chi connectivity index (χ1v) is 8.71. The van der Waals surface area contributed by atoms with Crippen LogP contribution in [0.3, 0.4) is 0 Å². The summed E-state index contributed by atoms with van der Waals surface area (Å²) in [5.41, 5.74) is 0.810. The lowest BCUT2D eigenvalue weighted by atomic mass is 9.80. The molecular weight excluding hydrogens is 304 g/mol. The van der Waals surface area contributed by atoms with E-state index in [1.165, 1.54) is 0 Å². The van der Waals surface area contributed by atoms with Gasteiger partial charge < -0.3 is 14.5 Å². The first-order chi connectivity index (χ1) is 11.5. The predicted molar refractivity (Wildman–Crippen MR) is 91.9 cm³/mol. The van der Waals surface area contributed by atoms with E-state index >= 15 is 0 Å². The van der Waals surface area contributed by atoms with Crippen molar-refractivity contribution in [3.05, 3.63) is 29.8 Å². The Morgan fingerprint density at radius 1 is 1.29 bits per heavy atom. The van der Waals surface area contributed by atoms with Crippen LogP contribution in [0.1, 0.15) is 37.7 Å². The van der Waals surface area contributed by atoms with Crippen LogP contribution in [-0.4, -0.2) is 54.4 Å². The third-order valence-electron chi connectivity index (χ3n) is 5.52. The van der Waals surface area contributed by atoms with E-state index in [0.29, 0.717) is 19.4 Å². The van der Waals surface area contributed by atoms with Gasteiger partial charge in [-0.2, -0.15) is 0 Å². The van der Waals surface area contributed by atoms with Gasteiger partial charge in [-0.15, -0.1) is 0 Å². The van der Waals surface area contributed by atoms with Gasteiger partial charge in [-0.25, -0.2) is 0 Å². The maximum Gasteiger partial charge on any atom is 0.227 e. The van der Waals surface area contributed by atoms with E-state index in [1.807, 2.05) is 41.1 Å². The first-order valence-electron chi connectivity index (χ1n) is 8.71. The number of nitrogens with zero attached hydrogens (tertiary/aromatic N) is 2. The number of likely N-dealkylation sites (N-methyl/N-ethyl adjacent to an activating group) is 1. The van der Waals surface area contributed by atoms with Crippen LogP contribution in [0.4, 0.5) is 0 Å². The molecule has 1 atom stereocenters. The van der Waals surface area contributed by atoms with Gasteiger partial charge in [0, 0.05) is 26.6 Å². The van der Waals surface area contributed by atoms with E-state index in [4.69, 9.17) is 4.74 Å². The van der Waals surface area contributed by atoms with Crippen molar-refractivity contribution in [2.45, 2.75) is 44.1 Å². The Morgan fingerprint density at radius 2 is 2.08 bits per heavy atom. The Hall–Kier alpha value is -2.04. The molecule has 1 aromatic carbocycles. The number of methoxy groups -OCH3 is 1. The van der Waals surface area contributed by atoms with E-state index in [9.17, 15) is 9.59 Å². The van der Waals surface area contributed by atoms with Gasteiger partial charge in [0.15, 0.2) is 0 Å². The molecule has 2 aliphatic heterocycles. The number of rotatable bonds is 3. The van der Waals surface area contributed by atoms with Crippen LogP contribution in [0.25, 0.3) is 0 Å². The highest BCUT2D eigenvalue weighted by molar-refractivity contribution is 5.80. The van der Waals surface area contributed by atoms with Gasteiger partial charge in [-0.05, 0) is 43.4 Å². The number of hydrogen-bond donors (Lipinski definition) is 0. The molecule has 2 aliphatic rings. The number of benzene rings is 1. The molecule has 0 unspecified atom stereocenters. The monoisotopic (exact) mass is 330 g/mol. The minimum absolute atomic E-state index is 0.133. The summed E-state index contributed by atoms with van der Waals surface area (Å²) >= 11 is 0. The number of amides is 2. The van der Waals surface area contributed by atoms with Crippen molar-refractivity contribution < 1.29 is 14.3 Å². The van der Waals surface area contributed by atoms with Gasteiger partial charge in [0.05, 0.1) is 19.1 Å². The summed E-state index contributed by atoms with van der Waals surface area (Å²) in [4.78, 5) is 28.7. The molecule has 0 N–H and O–H groups in total. The van der Waals surface area contributed by atoms with Gasteiger partial charge in [0.2, 0.25) is 11.8 Å². The van der Waals surface area contributed by atoms with Crippen LogP contribution in [0, 0.1) is 0 Å². The van der Waals surface area contributed by atoms with Crippen molar-refractivity contribution in [2.75, 3.05) is 27.2 Å². The Morgan fingerprint density at radius 3 is 2.88 bits per heavy atom. The van der Waals surface area contributed by atoms with E-state index in [2.05, 4.69) is 0 Å². The average Bonchev–Trinajstić information content (AvgIpc) is 2.60. The summed E-state index contributed by atoms with van der Waals surface area (Å²) in [5.74, 6) is 1.12. The molecule has 2 saturated heterocycles. The van der Waals surface area contributed by atoms with Gasteiger partial charge >= 0.3 is 0 Å². The molecule has 2 fully saturated rings. The molecular formula is C19H26N2O3. The second-order valence-electron chi connectivity index (χ2n) is 6.98. The van der Waals surface area contributed by atoms with Crippen LogP contribution in [0.5, 0.6) is 5.75 Å². The number of ether oxygens (including phenoxy) is 1. The molecule has 5 heteroatoms. The molecule has 1 aromatic rings. The SMILES string of the molecule is COc1cccc(CC(=O)N2CCC[C@]3(CCCC(=O)N3C)C2)c1. The quantitative estimate of drug-likeness (QED) is 0.854. The number of carbonyl (C=O) groups is 2. The van der Waals surface area contributed by atoms with Crippen LogP contribution in [-0.2, 0) is 16.0 Å². The van der Waals surface area contributed by atoms with Gasteiger partial charge in [0.25, 0.3) is 0 Å². The molecule has 0 saturated carbocycles. The molecule has 3 rings (SSSR count). The van der Waals surface area contributed by atoms with Gasteiger partial charge in [-0.1, -0.05) is 12.1 Å². The minimum Gasteiger partial charge on any atom is -0.497 e. The van der Waals surface area contributed by atoms with Crippen LogP contribution >= 0.6 is 0 Å². The number of piperidine rings is 2. The van der Waals surface area contributed by atoms with Gasteiger partial charge in [-0.3, -0.25) is 9.59 Å². The molecule has 2 amide bonds. The van der Waals surface area contributed by atoms with E-state index < -0.39 is 0 Å². The zero-order chi connectivity index (χ0) is 17.2. The lowest BCUT2D eigenvalue weighted by Gasteiger charge is -2.50. The number of carbonyl (C=O) groups excluding carboxylic acids is 2. The van der Waals surface area contributed by atoms with Crippen molar-refractivity contribution in [3.63, 3.8) is 0 Å². The van der Waals surface area contributed by atoms with E-state index in [1.54, 1.807) is 7.11 Å². The third kappa shape index (κ3) is 3.25. The maximum absolute atomic E-state index is 12.8. The highest BCUT2D eigenvalue weighted by Crippen LogP contribution is 2.35. The summed E-state index contributed by atoms with van der Waals surface area (Å²) in [6.45, 7) is 1.45. The zero-order valence-electron chi connectivity index (χ0n) is 14.6. The molecule has 5 nitrogen and oxygen atoms in total. The summed E-state index contributed by atoms with van der Waals surface area (Å²) < 4.78 is 5.23. The second kappa shape index (κ2) is 6.83. The standard InChI is InChI=1S/C19H26N2O3/c1-20-17(22)8-4-9-19(20)10-5-11-21(14-19)18(23)13-15-6-3-7-16(12-15)24-2/h3,6-7,12H,4-5,8-11,13-14H2,1-2H3/t19-/m1/s1. The van der Waals surface area contributed by atoms with Crippen molar-refractivity contribution >= 4 is 11.8 Å². The molecule has 24 heavy (non-hydrogen) atoms. The fourth-order valence-corrected chi connectivity index (χ4v) is 4.04. The number of hydrogen-bond acceptors (Lipinski definition) is 3. The van der Waals surface area contributed by atoms with E-state index in [-0.39, 0.29) is 17.4 Å². The zero-order valence-corrected chi connectivity index (χ0v) is 14.6.